The first-order chi connectivity index (χ1) is 11.3. The van der Waals surface area contributed by atoms with Crippen LogP contribution < -0.4 is 25.4 Å². The van der Waals surface area contributed by atoms with Crippen molar-refractivity contribution in [3.05, 3.63) is 73.1 Å². The maximum absolute atomic E-state index is 5.39. The number of hydrogen-bond donors (Lipinski definition) is 0. The van der Waals surface area contributed by atoms with Crippen molar-refractivity contribution in [2.45, 2.75) is 0 Å². The van der Waals surface area contributed by atoms with E-state index in [-0.39, 0.29) is 0 Å². The highest BCUT2D eigenvalue weighted by atomic mass is 31.1. The van der Waals surface area contributed by atoms with Crippen LogP contribution in [0.25, 0.3) is 0 Å². The molecule has 3 nitrogen and oxygen atoms in total. The van der Waals surface area contributed by atoms with Crippen molar-refractivity contribution in [1.29, 1.82) is 0 Å². The van der Waals surface area contributed by atoms with Crippen molar-refractivity contribution < 1.29 is 9.47 Å². The van der Waals surface area contributed by atoms with Gasteiger partial charge in [0, 0.05) is 17.7 Å². The average Bonchev–Trinajstić information content (AvgIpc) is 2.63. The molecule has 0 aliphatic carbocycles. The third-order valence-corrected chi connectivity index (χ3v) is 5.90. The third-order valence-electron chi connectivity index (χ3n) is 3.53. The average molecular weight is 323 g/mol. The Hall–Kier alpha value is -2.38. The Balaban J connectivity index is 2.13. The Labute approximate surface area is 137 Å². The fourth-order valence-corrected chi connectivity index (χ4v) is 4.73. The topological polar surface area (TPSA) is 31.4 Å². The van der Waals surface area contributed by atoms with Crippen molar-refractivity contribution in [3.8, 4) is 11.5 Å². The molecule has 0 unspecified atom stereocenters. The number of ether oxygens (including phenoxy) is 2. The molecule has 0 saturated carbocycles. The van der Waals surface area contributed by atoms with Crippen LogP contribution in [0, 0.1) is 0 Å². The molecule has 0 N–H and O–H groups in total. The molecule has 0 saturated heterocycles. The van der Waals surface area contributed by atoms with Gasteiger partial charge in [0.1, 0.15) is 11.5 Å². The van der Waals surface area contributed by atoms with Gasteiger partial charge in [-0.1, -0.05) is 30.3 Å². The van der Waals surface area contributed by atoms with E-state index in [4.69, 9.17) is 9.47 Å². The number of hydrogen-bond acceptors (Lipinski definition) is 3. The van der Waals surface area contributed by atoms with Gasteiger partial charge < -0.3 is 9.47 Å². The highest BCUT2D eigenvalue weighted by Gasteiger charge is 2.17. The molecule has 3 aromatic rings. The summed E-state index contributed by atoms with van der Waals surface area (Å²) in [5.41, 5.74) is 0. The molecule has 116 valence electrons. The SMILES string of the molecule is COc1cccc(P(c2cccnc2)c2cccc(OC)c2)c1. The third kappa shape index (κ3) is 3.52. The molecule has 1 heterocycles. The molecule has 0 bridgehead atoms. The van der Waals surface area contributed by atoms with Crippen LogP contribution in [-0.2, 0) is 0 Å². The van der Waals surface area contributed by atoms with Gasteiger partial charge in [0.05, 0.1) is 14.2 Å². The zero-order valence-electron chi connectivity index (χ0n) is 13.1. The summed E-state index contributed by atoms with van der Waals surface area (Å²) in [6, 6.07) is 20.6. The molecule has 23 heavy (non-hydrogen) atoms. The molecule has 4 heteroatoms. The first-order valence-electron chi connectivity index (χ1n) is 7.30. The van der Waals surface area contributed by atoms with Gasteiger partial charge >= 0.3 is 0 Å². The highest BCUT2D eigenvalue weighted by Crippen LogP contribution is 2.34. The van der Waals surface area contributed by atoms with Crippen molar-refractivity contribution in [3.63, 3.8) is 0 Å². The van der Waals surface area contributed by atoms with E-state index in [1.54, 1.807) is 20.4 Å². The molecule has 0 spiro atoms. The maximum Gasteiger partial charge on any atom is 0.119 e. The molecule has 0 radical (unpaired) electrons. The Bertz CT molecular complexity index is 730. The summed E-state index contributed by atoms with van der Waals surface area (Å²) < 4.78 is 10.8. The molecule has 0 aliphatic heterocycles. The van der Waals surface area contributed by atoms with Gasteiger partial charge in [0.25, 0.3) is 0 Å². The Kier molecular flexibility index (Phi) is 4.89. The molecule has 2 aromatic carbocycles. The minimum absolute atomic E-state index is 0.712. The van der Waals surface area contributed by atoms with Gasteiger partial charge in [-0.25, -0.2) is 0 Å². The van der Waals surface area contributed by atoms with Crippen LogP contribution >= 0.6 is 7.92 Å². The molecule has 0 aliphatic rings. The van der Waals surface area contributed by atoms with Gasteiger partial charge in [0.2, 0.25) is 0 Å². The fraction of sp³-hybridized carbons (Fsp3) is 0.105. The van der Waals surface area contributed by atoms with E-state index in [2.05, 4.69) is 35.3 Å². The number of aromatic nitrogens is 1. The standard InChI is InChI=1S/C19H18NO2P/c1-21-15-6-3-8-17(12-15)23(19-10-5-11-20-14-19)18-9-4-7-16(13-18)22-2/h3-14H,1-2H3. The first kappa shape index (κ1) is 15.5. The number of nitrogens with zero attached hydrogens (tertiary/aromatic N) is 1. The normalized spacial score (nSPS) is 10.6. The lowest BCUT2D eigenvalue weighted by molar-refractivity contribution is 0.415. The summed E-state index contributed by atoms with van der Waals surface area (Å²) >= 11 is 0. The van der Waals surface area contributed by atoms with E-state index in [0.717, 1.165) is 11.5 Å². The predicted molar refractivity (Wildman–Crippen MR) is 96.0 cm³/mol. The molecular weight excluding hydrogens is 305 g/mol. The molecule has 0 atom stereocenters. The number of rotatable bonds is 5. The lowest BCUT2D eigenvalue weighted by atomic mass is 10.3. The summed E-state index contributed by atoms with van der Waals surface area (Å²) in [5, 5.41) is 3.64. The van der Waals surface area contributed by atoms with Gasteiger partial charge in [-0.2, -0.15) is 0 Å². The van der Waals surface area contributed by atoms with Crippen LogP contribution in [0.2, 0.25) is 0 Å². The number of benzene rings is 2. The van der Waals surface area contributed by atoms with Crippen molar-refractivity contribution in [1.82, 2.24) is 4.98 Å². The second-order valence-corrected chi connectivity index (χ2v) is 7.17. The minimum atomic E-state index is -0.712. The van der Waals surface area contributed by atoms with Gasteiger partial charge in [-0.05, 0) is 48.9 Å². The van der Waals surface area contributed by atoms with Gasteiger partial charge in [-0.3, -0.25) is 4.98 Å². The molecule has 0 amide bonds. The zero-order valence-corrected chi connectivity index (χ0v) is 14.0. The zero-order chi connectivity index (χ0) is 16.1. The summed E-state index contributed by atoms with van der Waals surface area (Å²) in [6.07, 6.45) is 3.73. The van der Waals surface area contributed by atoms with E-state index in [9.17, 15) is 0 Å². The quantitative estimate of drug-likeness (QED) is 0.677. The van der Waals surface area contributed by atoms with Gasteiger partial charge in [-0.15, -0.1) is 0 Å². The molecule has 1 aromatic heterocycles. The van der Waals surface area contributed by atoms with E-state index in [1.807, 2.05) is 36.5 Å². The molecular formula is C19H18NO2P. The second kappa shape index (κ2) is 7.26. The van der Waals surface area contributed by atoms with Crippen LogP contribution in [0.1, 0.15) is 0 Å². The van der Waals surface area contributed by atoms with Crippen LogP contribution in [-0.4, -0.2) is 19.2 Å². The maximum atomic E-state index is 5.39. The summed E-state index contributed by atoms with van der Waals surface area (Å²) in [5.74, 6) is 1.73. The van der Waals surface area contributed by atoms with Crippen molar-refractivity contribution in [2.75, 3.05) is 14.2 Å². The van der Waals surface area contributed by atoms with Crippen LogP contribution in [0.4, 0.5) is 0 Å². The molecule has 3 rings (SSSR count). The summed E-state index contributed by atoms with van der Waals surface area (Å²) in [6.45, 7) is 0. The van der Waals surface area contributed by atoms with E-state index in [1.165, 1.54) is 15.9 Å². The van der Waals surface area contributed by atoms with E-state index >= 15 is 0 Å². The fourth-order valence-electron chi connectivity index (χ4n) is 2.43. The Morgan fingerprint density at radius 3 is 1.78 bits per heavy atom. The monoisotopic (exact) mass is 323 g/mol. The first-order valence-corrected chi connectivity index (χ1v) is 8.64. The predicted octanol–water partition coefficient (Wildman–Crippen LogP) is 2.86. The number of pyridine rings is 1. The van der Waals surface area contributed by atoms with Crippen molar-refractivity contribution in [2.24, 2.45) is 0 Å². The van der Waals surface area contributed by atoms with E-state index < -0.39 is 7.92 Å². The van der Waals surface area contributed by atoms with Crippen LogP contribution in [0.15, 0.2) is 73.1 Å². The number of methoxy groups -OCH3 is 2. The Morgan fingerprint density at radius 1 is 0.739 bits per heavy atom. The lowest BCUT2D eigenvalue weighted by Gasteiger charge is -2.20. The van der Waals surface area contributed by atoms with Crippen LogP contribution in [0.3, 0.4) is 0 Å². The smallest absolute Gasteiger partial charge is 0.119 e. The summed E-state index contributed by atoms with van der Waals surface area (Å²) in [7, 11) is 2.67. The minimum Gasteiger partial charge on any atom is -0.497 e. The van der Waals surface area contributed by atoms with Crippen molar-refractivity contribution >= 4 is 23.8 Å². The lowest BCUT2D eigenvalue weighted by Crippen LogP contribution is -2.21. The van der Waals surface area contributed by atoms with Crippen LogP contribution in [0.5, 0.6) is 11.5 Å². The Morgan fingerprint density at radius 2 is 1.30 bits per heavy atom. The highest BCUT2D eigenvalue weighted by molar-refractivity contribution is 7.79. The molecule has 0 fully saturated rings. The summed E-state index contributed by atoms with van der Waals surface area (Å²) in [4.78, 5) is 4.30. The van der Waals surface area contributed by atoms with E-state index in [0.29, 0.717) is 0 Å². The largest absolute Gasteiger partial charge is 0.497 e. The second-order valence-electron chi connectivity index (χ2n) is 4.95. The van der Waals surface area contributed by atoms with Gasteiger partial charge in [0.15, 0.2) is 0 Å².